The molecule has 3 atom stereocenters. The molecular formula is C30H39NP2. The predicted octanol–water partition coefficient (Wildman–Crippen LogP) is 9.28. The monoisotopic (exact) mass is 475 g/mol. The molecule has 3 aromatic carbocycles. The third-order valence-corrected chi connectivity index (χ3v) is 13.5. The molecule has 0 N–H and O–H groups in total. The molecule has 0 aromatic heterocycles. The average molecular weight is 476 g/mol. The van der Waals surface area contributed by atoms with Gasteiger partial charge in [0.15, 0.2) is 0 Å². The molecule has 1 heterocycles. The molecule has 0 bridgehead atoms. The highest BCUT2D eigenvalue weighted by atomic mass is 31.2. The van der Waals surface area contributed by atoms with Crippen molar-refractivity contribution in [3.8, 4) is 0 Å². The van der Waals surface area contributed by atoms with Crippen molar-refractivity contribution in [2.45, 2.75) is 63.7 Å². The number of unbranched alkanes of at least 4 members (excludes halogenated alkanes) is 2. The first-order chi connectivity index (χ1) is 16.3. The van der Waals surface area contributed by atoms with E-state index in [4.69, 9.17) is 0 Å². The molecule has 0 spiro atoms. The fourth-order valence-corrected chi connectivity index (χ4v) is 12.9. The van der Waals surface area contributed by atoms with Gasteiger partial charge < -0.3 is 0 Å². The maximum absolute atomic E-state index is 3.07. The second kappa shape index (κ2) is 12.8. The van der Waals surface area contributed by atoms with E-state index in [-0.39, 0.29) is 16.1 Å². The van der Waals surface area contributed by atoms with Crippen LogP contribution < -0.4 is 5.30 Å². The molecule has 0 saturated carbocycles. The summed E-state index contributed by atoms with van der Waals surface area (Å²) in [6.07, 6.45) is 9.08. The molecule has 0 radical (unpaired) electrons. The minimum absolute atomic E-state index is 0.317. The smallest absolute Gasteiger partial charge is 0.0183 e. The number of hydrogen-bond donors (Lipinski definition) is 0. The van der Waals surface area contributed by atoms with Crippen molar-refractivity contribution in [2.75, 3.05) is 12.7 Å². The van der Waals surface area contributed by atoms with Crippen LogP contribution in [-0.4, -0.2) is 17.1 Å². The Hall–Kier alpha value is -1.52. The van der Waals surface area contributed by atoms with Gasteiger partial charge in [0.1, 0.15) is 0 Å². The second-order valence-electron chi connectivity index (χ2n) is 9.07. The van der Waals surface area contributed by atoms with Crippen molar-refractivity contribution in [3.63, 3.8) is 0 Å². The molecule has 1 aliphatic heterocycles. The highest BCUT2D eigenvalue weighted by Gasteiger charge is 2.43. The van der Waals surface area contributed by atoms with E-state index in [2.05, 4.69) is 109 Å². The van der Waals surface area contributed by atoms with Crippen molar-refractivity contribution >= 4 is 21.4 Å². The Morgan fingerprint density at radius 1 is 0.697 bits per heavy atom. The van der Waals surface area contributed by atoms with Gasteiger partial charge >= 0.3 is 0 Å². The molecule has 3 heteroatoms. The van der Waals surface area contributed by atoms with Gasteiger partial charge in [-0.15, -0.1) is 0 Å². The number of rotatable bonds is 11. The fourth-order valence-electron chi connectivity index (χ4n) is 5.05. The lowest BCUT2D eigenvalue weighted by Crippen LogP contribution is -2.24. The van der Waals surface area contributed by atoms with E-state index in [1.54, 1.807) is 16.4 Å². The third kappa shape index (κ3) is 6.14. The van der Waals surface area contributed by atoms with Gasteiger partial charge in [0.2, 0.25) is 0 Å². The first kappa shape index (κ1) is 24.6. The van der Waals surface area contributed by atoms with Gasteiger partial charge in [0.25, 0.3) is 0 Å². The Balaban J connectivity index is 1.78. The lowest BCUT2D eigenvalue weighted by Gasteiger charge is -2.42. The van der Waals surface area contributed by atoms with Crippen LogP contribution in [0.15, 0.2) is 91.0 Å². The maximum Gasteiger partial charge on any atom is 0.0183 e. The third-order valence-electron chi connectivity index (χ3n) is 6.76. The lowest BCUT2D eigenvalue weighted by molar-refractivity contribution is 0.626. The summed E-state index contributed by atoms with van der Waals surface area (Å²) in [6, 6.07) is 34.4. The standard InChI is InChI=1S/C30H39NP2/c1-3-5-24-31(32(25-6-4-2)28-20-14-9-15-21-28)33-29(26-16-10-7-11-17-26)22-23-30(33)27-18-12-8-13-19-27/h7-21,29-30H,3-6,22-25H2,1-2H3/t29-,30-,32?/m0/s1. The minimum Gasteiger partial charge on any atom is -0.255 e. The molecule has 1 aliphatic rings. The highest BCUT2D eigenvalue weighted by molar-refractivity contribution is 7.75. The van der Waals surface area contributed by atoms with Gasteiger partial charge in [-0.3, -0.25) is 4.44 Å². The van der Waals surface area contributed by atoms with E-state index in [9.17, 15) is 0 Å². The Bertz CT molecular complexity index is 884. The Morgan fingerprint density at radius 2 is 1.18 bits per heavy atom. The molecule has 1 unspecified atom stereocenters. The molecule has 33 heavy (non-hydrogen) atoms. The van der Waals surface area contributed by atoms with Gasteiger partial charge in [-0.05, 0) is 64.4 Å². The molecular weight excluding hydrogens is 436 g/mol. The molecule has 1 saturated heterocycles. The van der Waals surface area contributed by atoms with Crippen LogP contribution in [0.1, 0.15) is 74.8 Å². The normalized spacial score (nSPS) is 19.7. The summed E-state index contributed by atoms with van der Waals surface area (Å²) < 4.78 is 3.07. The number of nitrogens with zero attached hydrogens (tertiary/aromatic N) is 1. The van der Waals surface area contributed by atoms with E-state index in [1.165, 1.54) is 51.2 Å². The summed E-state index contributed by atoms with van der Waals surface area (Å²) in [4.78, 5) is 0. The molecule has 3 aromatic rings. The first-order valence-corrected chi connectivity index (χ1v) is 15.7. The maximum atomic E-state index is 3.07. The fraction of sp³-hybridized carbons (Fsp3) is 0.400. The van der Waals surface area contributed by atoms with Crippen LogP contribution in [0, 0.1) is 0 Å². The first-order valence-electron chi connectivity index (χ1n) is 12.8. The summed E-state index contributed by atoms with van der Waals surface area (Å²) in [5.74, 6) is 0. The van der Waals surface area contributed by atoms with E-state index in [0.717, 1.165) is 0 Å². The van der Waals surface area contributed by atoms with Crippen LogP contribution in [0.3, 0.4) is 0 Å². The van der Waals surface area contributed by atoms with Crippen molar-refractivity contribution in [2.24, 2.45) is 0 Å². The van der Waals surface area contributed by atoms with Crippen LogP contribution in [0.2, 0.25) is 0 Å². The van der Waals surface area contributed by atoms with E-state index in [1.807, 2.05) is 0 Å². The van der Waals surface area contributed by atoms with Gasteiger partial charge in [-0.25, -0.2) is 0 Å². The second-order valence-corrected chi connectivity index (χ2v) is 14.1. The van der Waals surface area contributed by atoms with E-state index in [0.29, 0.717) is 11.3 Å². The van der Waals surface area contributed by atoms with Crippen LogP contribution in [-0.2, 0) is 0 Å². The van der Waals surface area contributed by atoms with Gasteiger partial charge in [0, 0.05) is 17.9 Å². The summed E-state index contributed by atoms with van der Waals surface area (Å²) in [7, 11) is -0.637. The van der Waals surface area contributed by atoms with Crippen molar-refractivity contribution in [1.82, 2.24) is 4.44 Å². The predicted molar refractivity (Wildman–Crippen MR) is 149 cm³/mol. The summed E-state index contributed by atoms with van der Waals surface area (Å²) in [6.45, 7) is 5.93. The van der Waals surface area contributed by atoms with Crippen LogP contribution in [0.25, 0.3) is 0 Å². The van der Waals surface area contributed by atoms with Crippen LogP contribution in [0.5, 0.6) is 0 Å². The zero-order valence-corrected chi connectivity index (χ0v) is 22.1. The Labute approximate surface area is 204 Å². The molecule has 174 valence electrons. The quantitative estimate of drug-likeness (QED) is 0.250. The molecule has 0 amide bonds. The van der Waals surface area contributed by atoms with Crippen molar-refractivity contribution < 1.29 is 0 Å². The number of hydrogen-bond acceptors (Lipinski definition) is 1. The SMILES string of the molecule is CCCCN(P(CCCC)c1ccccc1)P1[C@H](c2ccccc2)CC[C@H]1c1ccccc1. The van der Waals surface area contributed by atoms with Crippen LogP contribution >= 0.6 is 16.1 Å². The Morgan fingerprint density at radius 3 is 1.67 bits per heavy atom. The summed E-state index contributed by atoms with van der Waals surface area (Å²) in [5.41, 5.74) is 4.45. The minimum atomic E-state index is -0.320. The lowest BCUT2D eigenvalue weighted by atomic mass is 10.0. The number of benzene rings is 3. The zero-order chi connectivity index (χ0) is 22.9. The average Bonchev–Trinajstić information content (AvgIpc) is 3.32. The van der Waals surface area contributed by atoms with Gasteiger partial charge in [0.05, 0.1) is 0 Å². The highest BCUT2D eigenvalue weighted by Crippen LogP contribution is 2.76. The Kier molecular flexibility index (Phi) is 9.55. The van der Waals surface area contributed by atoms with Crippen LogP contribution in [0.4, 0.5) is 0 Å². The van der Waals surface area contributed by atoms with E-state index < -0.39 is 0 Å². The molecule has 1 nitrogen and oxygen atoms in total. The van der Waals surface area contributed by atoms with Gasteiger partial charge in [-0.2, -0.15) is 0 Å². The zero-order valence-electron chi connectivity index (χ0n) is 20.3. The summed E-state index contributed by atoms with van der Waals surface area (Å²) >= 11 is 0. The molecule has 1 fully saturated rings. The van der Waals surface area contributed by atoms with Gasteiger partial charge in [-0.1, -0.05) is 118 Å². The molecule has 0 aliphatic carbocycles. The van der Waals surface area contributed by atoms with E-state index >= 15 is 0 Å². The van der Waals surface area contributed by atoms with Crippen molar-refractivity contribution in [1.29, 1.82) is 0 Å². The van der Waals surface area contributed by atoms with Crippen molar-refractivity contribution in [3.05, 3.63) is 102 Å². The summed E-state index contributed by atoms with van der Waals surface area (Å²) in [5, 5.41) is 1.57. The molecule has 4 rings (SSSR count). The largest absolute Gasteiger partial charge is 0.255 e. The topological polar surface area (TPSA) is 3.24 Å².